The standard InChI is InChI=1S/C18H5F3N2O5/c19-18(20,21)13-3-8(2-1-7(13)6-22)23-14(24)9-4-11-12(5-10(9)15(23)25)17(27)28-16(11)26/h1-5H. The first-order valence-electron chi connectivity index (χ1n) is 7.58. The second-order valence-corrected chi connectivity index (χ2v) is 5.91. The molecule has 4 rings (SSSR count). The van der Waals surface area contributed by atoms with Crippen LogP contribution in [0.2, 0.25) is 0 Å². The number of benzene rings is 2. The van der Waals surface area contributed by atoms with E-state index < -0.39 is 45.4 Å². The van der Waals surface area contributed by atoms with Crippen molar-refractivity contribution in [2.24, 2.45) is 0 Å². The number of fused-ring (bicyclic) bond motifs is 2. The van der Waals surface area contributed by atoms with Crippen molar-refractivity contribution in [2.75, 3.05) is 0 Å². The SMILES string of the molecule is N#Cc1ccc(-n2c(=O)c3cc4c(=O)oc(=O)c4cc3c2=O)cc1C(F)(F)F. The molecule has 0 fully saturated rings. The Labute approximate surface area is 150 Å². The lowest BCUT2D eigenvalue weighted by molar-refractivity contribution is -0.137. The fourth-order valence-corrected chi connectivity index (χ4v) is 3.06. The summed E-state index contributed by atoms with van der Waals surface area (Å²) in [5, 5.41) is 7.96. The molecule has 0 aliphatic heterocycles. The molecule has 4 aromatic rings. The molecule has 10 heteroatoms. The average Bonchev–Trinajstić information content (AvgIpc) is 3.06. The van der Waals surface area contributed by atoms with E-state index in [1.165, 1.54) is 6.07 Å². The van der Waals surface area contributed by atoms with Crippen LogP contribution in [0.4, 0.5) is 13.2 Å². The van der Waals surface area contributed by atoms with Gasteiger partial charge in [0.15, 0.2) is 0 Å². The van der Waals surface area contributed by atoms with Gasteiger partial charge in [-0.05, 0) is 30.3 Å². The Bertz CT molecular complexity index is 1470. The third-order valence-corrected chi connectivity index (χ3v) is 4.34. The molecule has 0 atom stereocenters. The minimum atomic E-state index is -4.88. The van der Waals surface area contributed by atoms with Crippen LogP contribution in [-0.4, -0.2) is 4.57 Å². The number of rotatable bonds is 1. The number of furan rings is 1. The first-order chi connectivity index (χ1) is 13.1. The van der Waals surface area contributed by atoms with Crippen LogP contribution in [0.15, 0.2) is 53.9 Å². The second kappa shape index (κ2) is 5.50. The second-order valence-electron chi connectivity index (χ2n) is 5.91. The number of nitrogens with zero attached hydrogens (tertiary/aromatic N) is 2. The van der Waals surface area contributed by atoms with E-state index in [9.17, 15) is 32.3 Å². The van der Waals surface area contributed by atoms with Crippen LogP contribution in [0.1, 0.15) is 11.1 Å². The van der Waals surface area contributed by atoms with E-state index in [0.29, 0.717) is 10.6 Å². The third kappa shape index (κ3) is 2.30. The fraction of sp³-hybridized carbons (Fsp3) is 0.0556. The monoisotopic (exact) mass is 386 g/mol. The van der Waals surface area contributed by atoms with Gasteiger partial charge in [0.05, 0.1) is 44.4 Å². The summed E-state index contributed by atoms with van der Waals surface area (Å²) in [6, 6.07) is 5.82. The highest BCUT2D eigenvalue weighted by Crippen LogP contribution is 2.33. The van der Waals surface area contributed by atoms with Crippen molar-refractivity contribution in [2.45, 2.75) is 6.18 Å². The molecule has 2 heterocycles. The molecule has 0 bridgehead atoms. The Hall–Kier alpha value is -4.00. The van der Waals surface area contributed by atoms with Crippen LogP contribution in [0.5, 0.6) is 0 Å². The highest BCUT2D eigenvalue weighted by Gasteiger charge is 2.34. The molecular formula is C18H5F3N2O5. The summed E-state index contributed by atoms with van der Waals surface area (Å²) in [7, 11) is 0. The van der Waals surface area contributed by atoms with Crippen molar-refractivity contribution in [1.29, 1.82) is 5.26 Å². The largest absolute Gasteiger partial charge is 0.417 e. The smallest absolute Gasteiger partial charge is 0.386 e. The molecule has 28 heavy (non-hydrogen) atoms. The van der Waals surface area contributed by atoms with E-state index in [0.717, 1.165) is 24.3 Å². The molecule has 2 aromatic carbocycles. The zero-order valence-corrected chi connectivity index (χ0v) is 13.5. The van der Waals surface area contributed by atoms with Gasteiger partial charge < -0.3 is 4.42 Å². The van der Waals surface area contributed by atoms with Gasteiger partial charge in [-0.2, -0.15) is 18.4 Å². The van der Waals surface area contributed by atoms with Gasteiger partial charge in [0, 0.05) is 0 Å². The minimum absolute atomic E-state index is 0.206. The van der Waals surface area contributed by atoms with E-state index in [-0.39, 0.29) is 21.5 Å². The number of alkyl halides is 3. The van der Waals surface area contributed by atoms with E-state index >= 15 is 0 Å². The van der Waals surface area contributed by atoms with Gasteiger partial charge in [-0.15, -0.1) is 0 Å². The third-order valence-electron chi connectivity index (χ3n) is 4.34. The maximum atomic E-state index is 13.2. The predicted octanol–water partition coefficient (Wildman–Crippen LogP) is 1.58. The molecule has 0 spiro atoms. The summed E-state index contributed by atoms with van der Waals surface area (Å²) in [6.07, 6.45) is -4.88. The lowest BCUT2D eigenvalue weighted by Gasteiger charge is -2.10. The maximum Gasteiger partial charge on any atom is 0.417 e. The molecule has 0 saturated heterocycles. The number of aromatic nitrogens is 1. The van der Waals surface area contributed by atoms with Crippen molar-refractivity contribution in [3.63, 3.8) is 0 Å². The summed E-state index contributed by atoms with van der Waals surface area (Å²) < 4.78 is 44.4. The number of nitriles is 1. The Balaban J connectivity index is 2.10. The zero-order valence-electron chi connectivity index (χ0n) is 13.5. The van der Waals surface area contributed by atoms with Crippen molar-refractivity contribution < 1.29 is 17.6 Å². The molecule has 0 radical (unpaired) electrons. The van der Waals surface area contributed by atoms with Gasteiger partial charge in [0.1, 0.15) is 0 Å². The quantitative estimate of drug-likeness (QED) is 0.491. The topological polar surface area (TPSA) is 110 Å². The summed E-state index contributed by atoms with van der Waals surface area (Å²) in [5.74, 6) is 0. The lowest BCUT2D eigenvalue weighted by atomic mass is 10.1. The highest BCUT2D eigenvalue weighted by molar-refractivity contribution is 5.97. The van der Waals surface area contributed by atoms with E-state index in [1.54, 1.807) is 0 Å². The molecule has 0 saturated carbocycles. The maximum absolute atomic E-state index is 13.2. The first-order valence-corrected chi connectivity index (χ1v) is 7.58. The lowest BCUT2D eigenvalue weighted by Crippen LogP contribution is -2.24. The molecule has 138 valence electrons. The molecule has 2 aromatic heterocycles. The van der Waals surface area contributed by atoms with Crippen molar-refractivity contribution in [3.8, 4) is 11.8 Å². The summed E-state index contributed by atoms with van der Waals surface area (Å²) in [5.41, 5.74) is -6.27. The molecule has 0 N–H and O–H groups in total. The molecule has 7 nitrogen and oxygen atoms in total. The Kier molecular flexibility index (Phi) is 3.42. The number of hydrogen-bond donors (Lipinski definition) is 0. The molecular weight excluding hydrogens is 381 g/mol. The average molecular weight is 386 g/mol. The van der Waals surface area contributed by atoms with Crippen molar-refractivity contribution >= 4 is 21.5 Å². The summed E-state index contributed by atoms with van der Waals surface area (Å²) >= 11 is 0. The van der Waals surface area contributed by atoms with Crippen LogP contribution in [0.25, 0.3) is 27.2 Å². The van der Waals surface area contributed by atoms with Crippen LogP contribution in [-0.2, 0) is 6.18 Å². The number of hydrogen-bond acceptors (Lipinski definition) is 6. The molecule has 0 aliphatic carbocycles. The van der Waals surface area contributed by atoms with Gasteiger partial charge >= 0.3 is 17.4 Å². The Morgan fingerprint density at radius 1 is 0.857 bits per heavy atom. The molecule has 0 unspecified atom stereocenters. The normalized spacial score (nSPS) is 11.9. The van der Waals surface area contributed by atoms with Gasteiger partial charge in [-0.25, -0.2) is 14.2 Å². The van der Waals surface area contributed by atoms with Crippen molar-refractivity contribution in [3.05, 3.63) is 83.0 Å². The van der Waals surface area contributed by atoms with Gasteiger partial charge in [0.2, 0.25) is 0 Å². The van der Waals surface area contributed by atoms with Crippen LogP contribution in [0, 0.1) is 11.3 Å². The fourth-order valence-electron chi connectivity index (χ4n) is 3.06. The highest BCUT2D eigenvalue weighted by atomic mass is 19.4. The van der Waals surface area contributed by atoms with Crippen molar-refractivity contribution in [1.82, 2.24) is 4.57 Å². The first kappa shape index (κ1) is 17.4. The van der Waals surface area contributed by atoms with E-state index in [4.69, 9.17) is 5.26 Å². The van der Waals surface area contributed by atoms with E-state index in [2.05, 4.69) is 4.42 Å². The summed E-state index contributed by atoms with van der Waals surface area (Å²) in [4.78, 5) is 48.5. The van der Waals surface area contributed by atoms with Gasteiger partial charge in [0.25, 0.3) is 11.1 Å². The Morgan fingerprint density at radius 3 is 1.86 bits per heavy atom. The summed E-state index contributed by atoms with van der Waals surface area (Å²) in [6.45, 7) is 0. The molecule has 0 aliphatic rings. The van der Waals surface area contributed by atoms with E-state index in [1.807, 2.05) is 0 Å². The zero-order chi connectivity index (χ0) is 20.4. The Morgan fingerprint density at radius 2 is 1.39 bits per heavy atom. The van der Waals surface area contributed by atoms with Gasteiger partial charge in [-0.1, -0.05) is 0 Å². The number of halogens is 3. The minimum Gasteiger partial charge on any atom is -0.386 e. The van der Waals surface area contributed by atoms with Crippen LogP contribution in [0.3, 0.4) is 0 Å². The van der Waals surface area contributed by atoms with Crippen LogP contribution < -0.4 is 22.4 Å². The molecule has 0 amide bonds. The van der Waals surface area contributed by atoms with Gasteiger partial charge in [-0.3, -0.25) is 9.59 Å². The predicted molar refractivity (Wildman–Crippen MR) is 90.2 cm³/mol. The van der Waals surface area contributed by atoms with Crippen LogP contribution >= 0.6 is 0 Å².